The fraction of sp³-hybridized carbons (Fsp3) is 0.133. The zero-order valence-corrected chi connectivity index (χ0v) is 14.2. The van der Waals surface area contributed by atoms with Gasteiger partial charge in [0.05, 0.1) is 6.20 Å². The van der Waals surface area contributed by atoms with Gasteiger partial charge in [-0.05, 0) is 6.07 Å². The van der Waals surface area contributed by atoms with Crippen LogP contribution in [-0.4, -0.2) is 33.9 Å². The number of fused-ring (bicyclic) bond motifs is 1. The zero-order valence-electron chi connectivity index (χ0n) is 14.2. The number of rotatable bonds is 0. The number of hydrogen-bond acceptors (Lipinski definition) is 6. The monoisotopic (exact) mass is 358 g/mol. The van der Waals surface area contributed by atoms with Crippen LogP contribution in [0, 0.1) is 0 Å². The minimum absolute atomic E-state index is 0.0880. The highest BCUT2D eigenvalue weighted by Gasteiger charge is 1.94. The Kier molecular flexibility index (Phi) is 5.88. The SMILES string of the molecule is Cn1ccc(=O)n(C)c1=O.Nc1ccn[nH]1.O=c1ccnc2cc[nH]n12. The van der Waals surface area contributed by atoms with Crippen molar-refractivity contribution >= 4 is 11.5 Å². The molecule has 0 saturated heterocycles. The molecule has 4 N–H and O–H groups in total. The van der Waals surface area contributed by atoms with E-state index in [1.165, 1.54) is 40.7 Å². The number of aromatic nitrogens is 7. The molecule has 0 aromatic carbocycles. The highest BCUT2D eigenvalue weighted by Crippen LogP contribution is 1.89. The molecule has 0 fully saturated rings. The third-order valence-corrected chi connectivity index (χ3v) is 3.19. The lowest BCUT2D eigenvalue weighted by Gasteiger charge is -1.97. The van der Waals surface area contributed by atoms with E-state index in [9.17, 15) is 14.4 Å². The molecular formula is C15H18N8O3. The maximum absolute atomic E-state index is 10.9. The van der Waals surface area contributed by atoms with Gasteiger partial charge in [0.1, 0.15) is 5.82 Å². The first-order valence-corrected chi connectivity index (χ1v) is 7.39. The zero-order chi connectivity index (χ0) is 19.1. The van der Waals surface area contributed by atoms with Crippen molar-refractivity contribution in [2.45, 2.75) is 0 Å². The van der Waals surface area contributed by atoms with Crippen molar-refractivity contribution < 1.29 is 0 Å². The molecule has 4 heterocycles. The summed E-state index contributed by atoms with van der Waals surface area (Å²) in [5, 5.41) is 8.83. The summed E-state index contributed by atoms with van der Waals surface area (Å²) >= 11 is 0. The van der Waals surface area contributed by atoms with Crippen molar-refractivity contribution in [3.63, 3.8) is 0 Å². The number of nitrogen functional groups attached to an aromatic ring is 1. The Morgan fingerprint density at radius 1 is 1.00 bits per heavy atom. The van der Waals surface area contributed by atoms with Crippen LogP contribution < -0.4 is 22.5 Å². The topological polar surface area (TPSA) is 149 Å². The van der Waals surface area contributed by atoms with Crippen LogP contribution in [0.1, 0.15) is 0 Å². The molecule has 11 heteroatoms. The quantitative estimate of drug-likeness (QED) is 0.371. The predicted molar refractivity (Wildman–Crippen MR) is 95.7 cm³/mol. The number of aryl methyl sites for hydroxylation is 1. The maximum Gasteiger partial charge on any atom is 0.330 e. The summed E-state index contributed by atoms with van der Waals surface area (Å²) in [5.74, 6) is 0.606. The summed E-state index contributed by atoms with van der Waals surface area (Å²) in [6.45, 7) is 0. The van der Waals surface area contributed by atoms with Crippen LogP contribution in [-0.2, 0) is 14.1 Å². The molecule has 0 bridgehead atoms. The number of nitrogens with two attached hydrogens (primary N) is 1. The van der Waals surface area contributed by atoms with E-state index >= 15 is 0 Å². The summed E-state index contributed by atoms with van der Waals surface area (Å²) in [6.07, 6.45) is 6.22. The molecule has 0 amide bonds. The molecule has 26 heavy (non-hydrogen) atoms. The van der Waals surface area contributed by atoms with E-state index in [2.05, 4.69) is 20.3 Å². The molecule has 0 aliphatic carbocycles. The fourth-order valence-electron chi connectivity index (χ4n) is 1.80. The van der Waals surface area contributed by atoms with Crippen molar-refractivity contribution in [3.8, 4) is 0 Å². The summed E-state index contributed by atoms with van der Waals surface area (Å²) in [7, 11) is 3.05. The van der Waals surface area contributed by atoms with Gasteiger partial charge in [0.25, 0.3) is 11.1 Å². The number of H-pyrrole nitrogens is 2. The predicted octanol–water partition coefficient (Wildman–Crippen LogP) is -0.901. The second kappa shape index (κ2) is 8.28. The Labute approximate surface area is 146 Å². The number of anilines is 1. The van der Waals surface area contributed by atoms with E-state index in [-0.39, 0.29) is 16.8 Å². The van der Waals surface area contributed by atoms with E-state index in [1.54, 1.807) is 31.6 Å². The number of hydrogen-bond donors (Lipinski definition) is 3. The molecule has 4 rings (SSSR count). The van der Waals surface area contributed by atoms with Crippen LogP contribution in [0.4, 0.5) is 5.82 Å². The molecule has 0 aliphatic heterocycles. The van der Waals surface area contributed by atoms with Gasteiger partial charge in [-0.25, -0.2) is 14.3 Å². The van der Waals surface area contributed by atoms with E-state index < -0.39 is 0 Å². The standard InChI is InChI=1S/C6H5N3O.C6H8N2O2.C3H5N3/c10-6-2-3-7-5-1-4-8-9(5)6;1-7-4-3-5(9)8(2)6(7)10;4-3-1-2-5-6-3/h1-4,8H;3-4H,1-2H3;1-2H,(H3,4,5,6). The second-order valence-corrected chi connectivity index (χ2v) is 5.06. The van der Waals surface area contributed by atoms with E-state index in [0.29, 0.717) is 11.5 Å². The number of nitrogens with one attached hydrogen (secondary N) is 2. The van der Waals surface area contributed by atoms with E-state index in [4.69, 9.17) is 5.73 Å². The summed E-state index contributed by atoms with van der Waals surface area (Å²) in [5.41, 5.74) is 5.14. The van der Waals surface area contributed by atoms with Gasteiger partial charge in [0.2, 0.25) is 0 Å². The van der Waals surface area contributed by atoms with Crippen LogP contribution in [0.2, 0.25) is 0 Å². The molecule has 11 nitrogen and oxygen atoms in total. The Bertz CT molecular complexity index is 1130. The Morgan fingerprint density at radius 3 is 2.31 bits per heavy atom. The molecule has 0 spiro atoms. The molecular weight excluding hydrogens is 340 g/mol. The lowest BCUT2D eigenvalue weighted by molar-refractivity contribution is 0.686. The second-order valence-electron chi connectivity index (χ2n) is 5.06. The van der Waals surface area contributed by atoms with Gasteiger partial charge in [-0.15, -0.1) is 0 Å². The third-order valence-electron chi connectivity index (χ3n) is 3.19. The van der Waals surface area contributed by atoms with Crippen LogP contribution in [0.3, 0.4) is 0 Å². The van der Waals surface area contributed by atoms with Crippen LogP contribution >= 0.6 is 0 Å². The summed E-state index contributed by atoms with van der Waals surface area (Å²) < 4.78 is 3.78. The molecule has 0 atom stereocenters. The molecule has 136 valence electrons. The van der Waals surface area contributed by atoms with E-state index in [0.717, 1.165) is 4.57 Å². The minimum Gasteiger partial charge on any atom is -0.384 e. The first-order chi connectivity index (χ1) is 12.4. The average Bonchev–Trinajstić information content (AvgIpc) is 3.30. The molecule has 0 unspecified atom stereocenters. The highest BCUT2D eigenvalue weighted by atomic mass is 16.2. The van der Waals surface area contributed by atoms with Gasteiger partial charge >= 0.3 is 5.69 Å². The van der Waals surface area contributed by atoms with E-state index in [1.807, 2.05) is 0 Å². The minimum atomic E-state index is -0.299. The first kappa shape index (κ1) is 18.4. The van der Waals surface area contributed by atoms with Crippen LogP contribution in [0.25, 0.3) is 5.65 Å². The lowest BCUT2D eigenvalue weighted by Crippen LogP contribution is -2.35. The number of nitrogens with zero attached hydrogens (tertiary/aromatic N) is 5. The van der Waals surface area contributed by atoms with Crippen LogP contribution in [0.5, 0.6) is 0 Å². The van der Waals surface area contributed by atoms with Gasteiger partial charge in [-0.2, -0.15) is 5.10 Å². The third kappa shape index (κ3) is 4.56. The van der Waals surface area contributed by atoms with Gasteiger partial charge in [0, 0.05) is 50.9 Å². The maximum atomic E-state index is 10.9. The van der Waals surface area contributed by atoms with Crippen molar-refractivity contribution in [1.82, 2.24) is 33.9 Å². The molecule has 0 aliphatic rings. The molecule has 4 aromatic heterocycles. The van der Waals surface area contributed by atoms with Crippen molar-refractivity contribution in [1.29, 1.82) is 0 Å². The lowest BCUT2D eigenvalue weighted by atomic mass is 10.6. The normalized spacial score (nSPS) is 9.77. The van der Waals surface area contributed by atoms with Crippen molar-refractivity contribution in [3.05, 3.63) is 80.2 Å². The summed E-state index contributed by atoms with van der Waals surface area (Å²) in [6, 6.07) is 6.19. The van der Waals surface area contributed by atoms with Gasteiger partial charge in [-0.3, -0.25) is 24.4 Å². The molecule has 0 saturated carbocycles. The molecule has 0 radical (unpaired) electrons. The fourth-order valence-corrected chi connectivity index (χ4v) is 1.80. The Balaban J connectivity index is 0.000000145. The Hall–Kier alpha value is -3.89. The average molecular weight is 358 g/mol. The Morgan fingerprint density at radius 2 is 1.77 bits per heavy atom. The smallest absolute Gasteiger partial charge is 0.330 e. The van der Waals surface area contributed by atoms with Gasteiger partial charge in [-0.1, -0.05) is 0 Å². The molecule has 4 aromatic rings. The number of aromatic amines is 2. The van der Waals surface area contributed by atoms with Gasteiger partial charge < -0.3 is 10.3 Å². The summed E-state index contributed by atoms with van der Waals surface area (Å²) in [4.78, 5) is 36.5. The van der Waals surface area contributed by atoms with Crippen molar-refractivity contribution in [2.24, 2.45) is 14.1 Å². The first-order valence-electron chi connectivity index (χ1n) is 7.39. The van der Waals surface area contributed by atoms with Crippen molar-refractivity contribution in [2.75, 3.05) is 5.73 Å². The van der Waals surface area contributed by atoms with Crippen LogP contribution in [0.15, 0.2) is 63.4 Å². The largest absolute Gasteiger partial charge is 0.384 e. The highest BCUT2D eigenvalue weighted by molar-refractivity contribution is 5.34. The van der Waals surface area contributed by atoms with Gasteiger partial charge in [0.15, 0.2) is 5.65 Å².